The molecule has 2 bridgehead atoms. The van der Waals surface area contributed by atoms with Gasteiger partial charge in [-0.2, -0.15) is 0 Å². The van der Waals surface area contributed by atoms with Crippen LogP contribution in [0.15, 0.2) is 59.6 Å². The monoisotopic (exact) mass is 463 g/mol. The zero-order valence-corrected chi connectivity index (χ0v) is 20.7. The summed E-state index contributed by atoms with van der Waals surface area (Å²) in [7, 11) is -3.77. The molecule has 0 spiro atoms. The Balaban J connectivity index is 1.26. The molecule has 7 rings (SSSR count). The molecule has 7 heteroatoms. The van der Waals surface area contributed by atoms with E-state index in [-0.39, 0.29) is 29.0 Å². The molecule has 0 N–H and O–H groups in total. The molecule has 3 saturated carbocycles. The number of fused-ring (bicyclic) bond motifs is 1. The van der Waals surface area contributed by atoms with Crippen LogP contribution in [0, 0.1) is 6.92 Å². The summed E-state index contributed by atoms with van der Waals surface area (Å²) in [6.07, 6.45) is 4.84. The minimum absolute atomic E-state index is 0.112. The van der Waals surface area contributed by atoms with Gasteiger partial charge in [-0.3, -0.25) is 0 Å². The molecule has 4 fully saturated rings. The van der Waals surface area contributed by atoms with Crippen molar-refractivity contribution >= 4 is 28.0 Å². The van der Waals surface area contributed by atoms with Crippen LogP contribution in [-0.4, -0.2) is 30.7 Å². The summed E-state index contributed by atoms with van der Waals surface area (Å²) >= 11 is 0. The van der Waals surface area contributed by atoms with Gasteiger partial charge in [-0.15, -0.1) is 0 Å². The largest absolute Gasteiger partial charge is 0.464 e. The molecule has 3 aromatic rings. The average molecular weight is 463 g/mol. The summed E-state index contributed by atoms with van der Waals surface area (Å²) in [4.78, 5) is 0.304. The zero-order valence-electron chi connectivity index (χ0n) is 19.9. The van der Waals surface area contributed by atoms with Gasteiger partial charge in [-0.25, -0.2) is 12.4 Å². The van der Waals surface area contributed by atoms with E-state index in [1.54, 1.807) is 18.3 Å². The number of benzene rings is 2. The van der Waals surface area contributed by atoms with E-state index in [0.29, 0.717) is 10.4 Å². The fraction of sp³-hybridized carbons (Fsp3) is 0.462. The highest BCUT2D eigenvalue weighted by Crippen LogP contribution is 2.80. The minimum atomic E-state index is -3.63. The van der Waals surface area contributed by atoms with Gasteiger partial charge in [-0.05, 0) is 95.2 Å². The van der Waals surface area contributed by atoms with E-state index in [9.17, 15) is 8.42 Å². The molecule has 33 heavy (non-hydrogen) atoms. The summed E-state index contributed by atoms with van der Waals surface area (Å²) in [5.74, 6) is 0. The third kappa shape index (κ3) is 2.82. The molecule has 0 unspecified atom stereocenters. The third-order valence-corrected chi connectivity index (χ3v) is 10.4. The first-order valence-electron chi connectivity index (χ1n) is 11.7. The number of aromatic nitrogens is 1. The Morgan fingerprint density at radius 1 is 0.879 bits per heavy atom. The Kier molecular flexibility index (Phi) is 4.11. The van der Waals surface area contributed by atoms with Crippen molar-refractivity contribution in [1.82, 2.24) is 3.97 Å². The first-order chi connectivity index (χ1) is 15.4. The van der Waals surface area contributed by atoms with Gasteiger partial charge in [0.05, 0.1) is 21.6 Å². The molecule has 2 aromatic carbocycles. The van der Waals surface area contributed by atoms with Crippen LogP contribution in [0.4, 0.5) is 0 Å². The first-order valence-corrected chi connectivity index (χ1v) is 13.1. The maximum Gasteiger partial charge on any atom is 0.464 e. The van der Waals surface area contributed by atoms with E-state index in [1.165, 1.54) is 9.54 Å². The van der Waals surface area contributed by atoms with Gasteiger partial charge in [0.15, 0.2) is 0 Å². The topological polar surface area (TPSA) is 57.5 Å². The van der Waals surface area contributed by atoms with Crippen LogP contribution < -0.4 is 0 Å². The number of aryl methyl sites for hydroxylation is 1. The zero-order chi connectivity index (χ0) is 23.4. The van der Waals surface area contributed by atoms with Crippen molar-refractivity contribution in [1.29, 1.82) is 0 Å². The van der Waals surface area contributed by atoms with E-state index in [4.69, 9.17) is 9.31 Å². The van der Waals surface area contributed by atoms with E-state index in [1.807, 2.05) is 31.2 Å². The molecule has 3 aliphatic carbocycles. The molecular weight excluding hydrogens is 433 g/mol. The molecule has 1 aliphatic heterocycles. The lowest BCUT2D eigenvalue weighted by atomic mass is 9.23. The smallest absolute Gasteiger partial charge is 0.403 e. The van der Waals surface area contributed by atoms with Gasteiger partial charge in [0.25, 0.3) is 10.0 Å². The molecule has 4 aliphatic rings. The second kappa shape index (κ2) is 6.32. The van der Waals surface area contributed by atoms with Crippen LogP contribution in [0.25, 0.3) is 10.9 Å². The SMILES string of the molecule is Cc1ccc(S(=O)(=O)n2ccc3cc(C45CC(B6OC(C)(C)C(C)(C)O6)(C4)C5)ccc32)cc1. The van der Waals surface area contributed by atoms with Gasteiger partial charge < -0.3 is 9.31 Å². The fourth-order valence-corrected chi connectivity index (χ4v) is 7.35. The second-order valence-corrected chi connectivity index (χ2v) is 13.3. The highest BCUT2D eigenvalue weighted by atomic mass is 32.2. The van der Waals surface area contributed by atoms with E-state index in [2.05, 4.69) is 39.8 Å². The van der Waals surface area contributed by atoms with E-state index >= 15 is 0 Å². The van der Waals surface area contributed by atoms with Crippen molar-refractivity contribution in [3.8, 4) is 0 Å². The number of hydrogen-bond acceptors (Lipinski definition) is 4. The lowest BCUT2D eigenvalue weighted by Crippen LogP contribution is -2.66. The molecule has 0 radical (unpaired) electrons. The van der Waals surface area contributed by atoms with Crippen molar-refractivity contribution in [2.45, 2.75) is 80.7 Å². The number of hydrogen-bond donors (Lipinski definition) is 0. The highest BCUT2D eigenvalue weighted by Gasteiger charge is 2.76. The van der Waals surface area contributed by atoms with Gasteiger partial charge in [0.2, 0.25) is 0 Å². The molecule has 2 heterocycles. The van der Waals surface area contributed by atoms with Gasteiger partial charge >= 0.3 is 7.12 Å². The molecule has 1 aromatic heterocycles. The van der Waals surface area contributed by atoms with Crippen molar-refractivity contribution in [2.75, 3.05) is 0 Å². The Morgan fingerprint density at radius 2 is 1.48 bits per heavy atom. The fourth-order valence-electron chi connectivity index (χ4n) is 6.00. The summed E-state index contributed by atoms with van der Waals surface area (Å²) in [6, 6.07) is 15.1. The average Bonchev–Trinajstić information content (AvgIpc) is 3.18. The highest BCUT2D eigenvalue weighted by molar-refractivity contribution is 7.90. The number of rotatable bonds is 4. The van der Waals surface area contributed by atoms with Crippen LogP contribution >= 0.6 is 0 Å². The summed E-state index contributed by atoms with van der Waals surface area (Å²) < 4.78 is 40.5. The van der Waals surface area contributed by atoms with E-state index < -0.39 is 10.0 Å². The van der Waals surface area contributed by atoms with Crippen molar-refractivity contribution < 1.29 is 17.7 Å². The van der Waals surface area contributed by atoms with Crippen LogP contribution in [0.5, 0.6) is 0 Å². The summed E-state index contributed by atoms with van der Waals surface area (Å²) in [6.45, 7) is 10.4. The molecule has 172 valence electrons. The third-order valence-electron chi connectivity index (χ3n) is 8.67. The molecule has 1 saturated heterocycles. The quantitative estimate of drug-likeness (QED) is 0.483. The normalized spacial score (nSPS) is 29.7. The van der Waals surface area contributed by atoms with Crippen LogP contribution in [-0.2, 0) is 24.7 Å². The summed E-state index contributed by atoms with van der Waals surface area (Å²) in [5, 5.41) is 1.07. The standard InChI is InChI=1S/C26H30BNO4S/c1-18-6-9-21(10-7-18)33(29,30)28-13-12-19-14-20(8-11-22(19)28)25-15-26(16-25,17-25)27-31-23(2,3)24(4,5)32-27/h6-14H,15-17H2,1-5H3. The maximum absolute atomic E-state index is 13.2. The van der Waals surface area contributed by atoms with Crippen molar-refractivity contribution in [3.63, 3.8) is 0 Å². The van der Waals surface area contributed by atoms with Crippen LogP contribution in [0.2, 0.25) is 5.31 Å². The number of nitrogens with zero attached hydrogens (tertiary/aromatic N) is 1. The molecule has 0 amide bonds. The Labute approximate surface area is 196 Å². The summed E-state index contributed by atoms with van der Waals surface area (Å²) in [5.41, 5.74) is 2.60. The van der Waals surface area contributed by atoms with Crippen molar-refractivity contribution in [3.05, 3.63) is 65.9 Å². The Hall–Kier alpha value is -2.09. The van der Waals surface area contributed by atoms with Crippen molar-refractivity contribution in [2.24, 2.45) is 0 Å². The molecular formula is C26H30BNO4S. The van der Waals surface area contributed by atoms with Gasteiger partial charge in [0, 0.05) is 16.9 Å². The van der Waals surface area contributed by atoms with Gasteiger partial charge in [-0.1, -0.05) is 23.8 Å². The van der Waals surface area contributed by atoms with E-state index in [0.717, 1.165) is 30.2 Å². The predicted molar refractivity (Wildman–Crippen MR) is 130 cm³/mol. The van der Waals surface area contributed by atoms with Gasteiger partial charge in [0.1, 0.15) is 0 Å². The van der Waals surface area contributed by atoms with Crippen LogP contribution in [0.3, 0.4) is 0 Å². The first kappa shape index (κ1) is 21.4. The predicted octanol–water partition coefficient (Wildman–Crippen LogP) is 5.45. The Morgan fingerprint density at radius 3 is 2.09 bits per heavy atom. The lowest BCUT2D eigenvalue weighted by molar-refractivity contribution is -0.0382. The maximum atomic E-state index is 13.2. The van der Waals surface area contributed by atoms with Crippen LogP contribution in [0.1, 0.15) is 58.1 Å². The molecule has 0 atom stereocenters. The minimum Gasteiger partial charge on any atom is -0.403 e. The lowest BCUT2D eigenvalue weighted by Gasteiger charge is -2.71. The second-order valence-electron chi connectivity index (χ2n) is 11.5. The Bertz CT molecular complexity index is 1350. The molecule has 5 nitrogen and oxygen atoms in total.